The van der Waals surface area contributed by atoms with Crippen LogP contribution in [0.3, 0.4) is 0 Å². The molecule has 0 spiro atoms. The first-order chi connectivity index (χ1) is 13.6. The second-order valence-corrected chi connectivity index (χ2v) is 7.32. The van der Waals surface area contributed by atoms with Gasteiger partial charge in [0.05, 0.1) is 5.70 Å². The van der Waals surface area contributed by atoms with Crippen LogP contribution >= 0.6 is 0 Å². The number of anilines is 2. The van der Waals surface area contributed by atoms with E-state index in [1.54, 1.807) is 6.20 Å². The molecule has 2 aliphatic rings. The number of allylic oxidation sites excluding steroid dienone is 2. The molecule has 0 aromatic heterocycles. The summed E-state index contributed by atoms with van der Waals surface area (Å²) in [7, 11) is 2.02. The third-order valence-corrected chi connectivity index (χ3v) is 5.57. The molecule has 0 saturated carbocycles. The fourth-order valence-corrected chi connectivity index (χ4v) is 3.97. The molecule has 2 heterocycles. The van der Waals surface area contributed by atoms with Crippen molar-refractivity contribution >= 4 is 23.8 Å². The third-order valence-electron chi connectivity index (χ3n) is 5.57. The Labute approximate surface area is 168 Å². The number of rotatable bonds is 6. The normalized spacial score (nSPS) is 20.5. The SMILES string of the molecule is C=C/N=C\C(=C/C)N1CCN(c2cc(CC)c(N)cc2C2C=NN(C)C2)CC1. The largest absolute Gasteiger partial charge is 0.398 e. The number of benzene rings is 1. The van der Waals surface area contributed by atoms with E-state index in [9.17, 15) is 0 Å². The van der Waals surface area contributed by atoms with E-state index < -0.39 is 0 Å². The zero-order valence-electron chi connectivity index (χ0n) is 17.3. The molecule has 1 unspecified atom stereocenters. The third kappa shape index (κ3) is 4.21. The number of aliphatic imine (C=N–C) groups is 1. The molecule has 0 bridgehead atoms. The highest BCUT2D eigenvalue weighted by molar-refractivity contribution is 5.79. The van der Waals surface area contributed by atoms with Crippen LogP contribution in [0, 0.1) is 0 Å². The minimum atomic E-state index is 0.289. The molecule has 6 nitrogen and oxygen atoms in total. The van der Waals surface area contributed by atoms with Crippen molar-refractivity contribution in [2.75, 3.05) is 50.4 Å². The lowest BCUT2D eigenvalue weighted by atomic mass is 9.94. The Bertz CT molecular complexity index is 786. The molecule has 150 valence electrons. The van der Waals surface area contributed by atoms with Crippen molar-refractivity contribution in [2.24, 2.45) is 10.1 Å². The number of aryl methyl sites for hydroxylation is 1. The molecule has 0 amide bonds. The molecule has 0 radical (unpaired) electrons. The molecule has 1 fully saturated rings. The monoisotopic (exact) mass is 380 g/mol. The number of hydrogen-bond acceptors (Lipinski definition) is 6. The summed E-state index contributed by atoms with van der Waals surface area (Å²) in [6.07, 6.45) is 8.56. The van der Waals surface area contributed by atoms with Gasteiger partial charge in [0, 0.05) is 75.7 Å². The summed E-state index contributed by atoms with van der Waals surface area (Å²) < 4.78 is 0. The lowest BCUT2D eigenvalue weighted by molar-refractivity contribution is 0.336. The Hall–Kier alpha value is -2.76. The maximum atomic E-state index is 6.34. The number of nitrogens with two attached hydrogens (primary N) is 1. The number of hydrogen-bond donors (Lipinski definition) is 1. The fraction of sp³-hybridized carbons (Fsp3) is 0.455. The molecule has 6 heteroatoms. The van der Waals surface area contributed by atoms with Crippen molar-refractivity contribution in [3.63, 3.8) is 0 Å². The Morgan fingerprint density at radius 1 is 1.32 bits per heavy atom. The highest BCUT2D eigenvalue weighted by Crippen LogP contribution is 2.34. The van der Waals surface area contributed by atoms with Crippen LogP contribution in [-0.2, 0) is 6.42 Å². The van der Waals surface area contributed by atoms with Crippen molar-refractivity contribution in [2.45, 2.75) is 26.2 Å². The summed E-state index contributed by atoms with van der Waals surface area (Å²) in [5.41, 5.74) is 12.2. The van der Waals surface area contributed by atoms with Crippen LogP contribution in [0.4, 0.5) is 11.4 Å². The summed E-state index contributed by atoms with van der Waals surface area (Å²) in [6, 6.07) is 4.47. The summed E-state index contributed by atoms with van der Waals surface area (Å²) in [6.45, 7) is 12.7. The lowest BCUT2D eigenvalue weighted by Crippen LogP contribution is -2.46. The van der Waals surface area contributed by atoms with Gasteiger partial charge in [-0.15, -0.1) is 0 Å². The van der Waals surface area contributed by atoms with Crippen LogP contribution in [-0.4, -0.2) is 62.1 Å². The Morgan fingerprint density at radius 3 is 2.64 bits per heavy atom. The van der Waals surface area contributed by atoms with Gasteiger partial charge in [0.25, 0.3) is 0 Å². The first-order valence-corrected chi connectivity index (χ1v) is 10.0. The van der Waals surface area contributed by atoms with Crippen molar-refractivity contribution in [3.8, 4) is 0 Å². The van der Waals surface area contributed by atoms with Crippen LogP contribution in [0.2, 0.25) is 0 Å². The van der Waals surface area contributed by atoms with Crippen molar-refractivity contribution < 1.29 is 0 Å². The summed E-state index contributed by atoms with van der Waals surface area (Å²) in [5, 5.41) is 6.43. The standard InChI is InChI=1S/C22H32N6/c1-5-17-12-22(20(13-21(17)23)18-14-25-26(4)16-18)28-10-8-27(9-11-28)19(6-2)15-24-7-3/h6-7,12-15,18H,3,5,8-11,16,23H2,1-2,4H3/b19-6+,24-15-. The number of hydrazone groups is 1. The number of likely N-dealkylation sites (N-methyl/N-ethyl adjacent to an activating group) is 1. The molecule has 2 aliphatic heterocycles. The van der Waals surface area contributed by atoms with Gasteiger partial charge in [-0.2, -0.15) is 5.10 Å². The van der Waals surface area contributed by atoms with Gasteiger partial charge >= 0.3 is 0 Å². The number of nitrogen functional groups attached to an aromatic ring is 1. The topological polar surface area (TPSA) is 60.5 Å². The highest BCUT2D eigenvalue weighted by Gasteiger charge is 2.26. The van der Waals surface area contributed by atoms with Gasteiger partial charge in [0.2, 0.25) is 0 Å². The van der Waals surface area contributed by atoms with E-state index in [0.717, 1.165) is 50.5 Å². The maximum absolute atomic E-state index is 6.34. The predicted molar refractivity (Wildman–Crippen MR) is 120 cm³/mol. The van der Waals surface area contributed by atoms with Crippen LogP contribution < -0.4 is 10.6 Å². The maximum Gasteiger partial charge on any atom is 0.0510 e. The minimum Gasteiger partial charge on any atom is -0.398 e. The molecule has 1 atom stereocenters. The van der Waals surface area contributed by atoms with Gasteiger partial charge in [-0.3, -0.25) is 10.0 Å². The molecule has 1 aromatic carbocycles. The van der Waals surface area contributed by atoms with Gasteiger partial charge in [0.15, 0.2) is 0 Å². The van der Waals surface area contributed by atoms with E-state index in [2.05, 4.69) is 58.5 Å². The first-order valence-electron chi connectivity index (χ1n) is 10.0. The zero-order chi connectivity index (χ0) is 20.1. The van der Waals surface area contributed by atoms with Crippen molar-refractivity contribution in [1.29, 1.82) is 0 Å². The van der Waals surface area contributed by atoms with E-state index in [0.29, 0.717) is 0 Å². The number of nitrogens with zero attached hydrogens (tertiary/aromatic N) is 5. The average Bonchev–Trinajstić information content (AvgIpc) is 3.15. The van der Waals surface area contributed by atoms with E-state index in [1.165, 1.54) is 16.8 Å². The lowest BCUT2D eigenvalue weighted by Gasteiger charge is -2.39. The van der Waals surface area contributed by atoms with E-state index in [1.807, 2.05) is 24.5 Å². The van der Waals surface area contributed by atoms with Crippen molar-refractivity contribution in [1.82, 2.24) is 9.91 Å². The quantitative estimate of drug-likeness (QED) is 0.609. The fourth-order valence-electron chi connectivity index (χ4n) is 3.97. The summed E-state index contributed by atoms with van der Waals surface area (Å²) >= 11 is 0. The molecular formula is C22H32N6. The van der Waals surface area contributed by atoms with E-state index in [-0.39, 0.29) is 5.92 Å². The van der Waals surface area contributed by atoms with Crippen LogP contribution in [0.5, 0.6) is 0 Å². The van der Waals surface area contributed by atoms with Gasteiger partial charge in [0.1, 0.15) is 0 Å². The molecule has 1 saturated heterocycles. The Kier molecular flexibility index (Phi) is 6.39. The van der Waals surface area contributed by atoms with E-state index in [4.69, 9.17) is 5.73 Å². The molecular weight excluding hydrogens is 348 g/mol. The molecule has 2 N–H and O–H groups in total. The van der Waals surface area contributed by atoms with Crippen molar-refractivity contribution in [3.05, 3.63) is 47.8 Å². The van der Waals surface area contributed by atoms with Crippen LogP contribution in [0.25, 0.3) is 0 Å². The van der Waals surface area contributed by atoms with Crippen LogP contribution in [0.1, 0.15) is 30.9 Å². The molecule has 0 aliphatic carbocycles. The van der Waals surface area contributed by atoms with E-state index >= 15 is 0 Å². The second-order valence-electron chi connectivity index (χ2n) is 7.32. The van der Waals surface area contributed by atoms with Gasteiger partial charge in [-0.25, -0.2) is 0 Å². The molecule has 28 heavy (non-hydrogen) atoms. The Balaban J connectivity index is 1.82. The van der Waals surface area contributed by atoms with Crippen LogP contribution in [0.15, 0.2) is 46.8 Å². The average molecular weight is 381 g/mol. The Morgan fingerprint density at radius 2 is 2.07 bits per heavy atom. The van der Waals surface area contributed by atoms with Gasteiger partial charge < -0.3 is 15.5 Å². The molecule has 3 rings (SSSR count). The highest BCUT2D eigenvalue weighted by atomic mass is 15.4. The summed E-state index contributed by atoms with van der Waals surface area (Å²) in [5.74, 6) is 0.289. The summed E-state index contributed by atoms with van der Waals surface area (Å²) in [4.78, 5) is 9.06. The smallest absolute Gasteiger partial charge is 0.0510 e. The van der Waals surface area contributed by atoms with Gasteiger partial charge in [-0.05, 0) is 36.6 Å². The van der Waals surface area contributed by atoms with Gasteiger partial charge in [-0.1, -0.05) is 19.6 Å². The zero-order valence-corrected chi connectivity index (χ0v) is 17.3. The second kappa shape index (κ2) is 8.95. The molecule has 1 aromatic rings. The minimum absolute atomic E-state index is 0.289. The first kappa shape index (κ1) is 20.0. The predicted octanol–water partition coefficient (Wildman–Crippen LogP) is 3.09. The number of piperazine rings is 1.